The van der Waals surface area contributed by atoms with Crippen LogP contribution in [0.15, 0.2) is 18.3 Å². The van der Waals surface area contributed by atoms with Crippen molar-refractivity contribution in [1.82, 2.24) is 35.5 Å². The van der Waals surface area contributed by atoms with Crippen LogP contribution in [0, 0.1) is 5.92 Å². The number of alkyl halides is 2. The molecule has 0 unspecified atom stereocenters. The minimum absolute atomic E-state index is 0.0152. The zero-order valence-corrected chi connectivity index (χ0v) is 20.8. The van der Waals surface area contributed by atoms with Gasteiger partial charge in [0.05, 0.1) is 12.3 Å². The molecule has 1 aliphatic heterocycles. The first-order valence-electron chi connectivity index (χ1n) is 12.4. The first-order chi connectivity index (χ1) is 17.8. The van der Waals surface area contributed by atoms with Crippen molar-refractivity contribution in [1.29, 1.82) is 0 Å². The molecule has 198 valence electrons. The number of hydrogen-bond acceptors (Lipinski definition) is 9. The molecule has 0 aromatic carbocycles. The molecule has 2 fully saturated rings. The number of aromatic nitrogens is 6. The van der Waals surface area contributed by atoms with Gasteiger partial charge in [-0.15, -0.1) is 0 Å². The highest BCUT2D eigenvalue weighted by Crippen LogP contribution is 2.41. The maximum Gasteiger partial charge on any atom is 0.322 e. The Balaban J connectivity index is 1.29. The maximum absolute atomic E-state index is 13.1. The normalized spacial score (nSPS) is 19.0. The van der Waals surface area contributed by atoms with Gasteiger partial charge >= 0.3 is 6.01 Å². The Bertz CT molecular complexity index is 1240. The molecule has 13 heteroatoms. The summed E-state index contributed by atoms with van der Waals surface area (Å²) in [6, 6.07) is 3.93. The number of carbonyl (C=O) groups is 1. The smallest absolute Gasteiger partial charge is 0.322 e. The molecule has 0 bridgehead atoms. The van der Waals surface area contributed by atoms with Gasteiger partial charge in [-0.2, -0.15) is 20.1 Å². The lowest BCUT2D eigenvalue weighted by Gasteiger charge is -2.34. The Kier molecular flexibility index (Phi) is 7.13. The number of fused-ring (bicyclic) bond motifs is 1. The third-order valence-electron chi connectivity index (χ3n) is 6.77. The lowest BCUT2D eigenvalue weighted by atomic mass is 9.81. The molecule has 1 saturated heterocycles. The van der Waals surface area contributed by atoms with E-state index in [0.29, 0.717) is 25.6 Å². The topological polar surface area (TPSA) is 131 Å². The first-order valence-corrected chi connectivity index (χ1v) is 12.4. The van der Waals surface area contributed by atoms with E-state index >= 15 is 0 Å². The fourth-order valence-electron chi connectivity index (χ4n) is 4.87. The van der Waals surface area contributed by atoms with Crippen LogP contribution in [0.25, 0.3) is 11.0 Å². The van der Waals surface area contributed by atoms with Crippen LogP contribution in [0.3, 0.4) is 0 Å². The number of rotatable bonds is 9. The molecule has 0 spiro atoms. The van der Waals surface area contributed by atoms with Crippen molar-refractivity contribution < 1.29 is 23.0 Å². The summed E-state index contributed by atoms with van der Waals surface area (Å²) in [4.78, 5) is 32.2. The minimum Gasteiger partial charge on any atom is -0.458 e. The number of methoxy groups -OCH3 is 1. The molecule has 3 aromatic heterocycles. The molecule has 37 heavy (non-hydrogen) atoms. The Morgan fingerprint density at radius 3 is 2.78 bits per heavy atom. The summed E-state index contributed by atoms with van der Waals surface area (Å²) in [6.07, 6.45) is 2.56. The van der Waals surface area contributed by atoms with Gasteiger partial charge in [-0.1, -0.05) is 0 Å². The predicted octanol–water partition coefficient (Wildman–Crippen LogP) is 2.72. The molecule has 1 atom stereocenters. The molecular formula is C24H30F2N8O3. The molecule has 4 heterocycles. The SMILES string of the molecule is COC[C@@H](C)Oc1nc(C(=O)NCC2CC(F)(F)C2)nc(N2CCC(c3n[nH]c4ncccc34)CC2)n1. The van der Waals surface area contributed by atoms with E-state index in [9.17, 15) is 13.6 Å². The number of halogens is 2. The fourth-order valence-corrected chi connectivity index (χ4v) is 4.87. The van der Waals surface area contributed by atoms with Crippen molar-refractivity contribution in [2.75, 3.05) is 38.3 Å². The molecule has 1 aliphatic carbocycles. The highest BCUT2D eigenvalue weighted by molar-refractivity contribution is 5.90. The second kappa shape index (κ2) is 10.5. The van der Waals surface area contributed by atoms with E-state index < -0.39 is 11.8 Å². The van der Waals surface area contributed by atoms with Crippen LogP contribution in [0.1, 0.15) is 54.8 Å². The second-order valence-electron chi connectivity index (χ2n) is 9.74. The summed E-state index contributed by atoms with van der Waals surface area (Å²) < 4.78 is 37.2. The van der Waals surface area contributed by atoms with Crippen molar-refractivity contribution >= 4 is 22.9 Å². The zero-order valence-electron chi connectivity index (χ0n) is 20.8. The van der Waals surface area contributed by atoms with Gasteiger partial charge in [0.15, 0.2) is 5.65 Å². The number of anilines is 1. The van der Waals surface area contributed by atoms with Gasteiger partial charge in [0.2, 0.25) is 17.7 Å². The molecule has 11 nitrogen and oxygen atoms in total. The number of carbonyl (C=O) groups excluding carboxylic acids is 1. The van der Waals surface area contributed by atoms with Gasteiger partial charge in [-0.05, 0) is 37.8 Å². The van der Waals surface area contributed by atoms with E-state index in [4.69, 9.17) is 9.47 Å². The van der Waals surface area contributed by atoms with Crippen LogP contribution in [0.4, 0.5) is 14.7 Å². The largest absolute Gasteiger partial charge is 0.458 e. The van der Waals surface area contributed by atoms with Gasteiger partial charge < -0.3 is 19.7 Å². The van der Waals surface area contributed by atoms with Gasteiger partial charge in [-0.25, -0.2) is 13.8 Å². The Morgan fingerprint density at radius 1 is 1.27 bits per heavy atom. The minimum atomic E-state index is -2.64. The summed E-state index contributed by atoms with van der Waals surface area (Å²) in [7, 11) is 1.56. The van der Waals surface area contributed by atoms with E-state index in [-0.39, 0.29) is 49.2 Å². The number of H-pyrrole nitrogens is 1. The number of amides is 1. The molecule has 1 amide bonds. The van der Waals surface area contributed by atoms with Crippen molar-refractivity contribution in [3.05, 3.63) is 29.8 Å². The van der Waals surface area contributed by atoms with Crippen LogP contribution < -0.4 is 15.0 Å². The third-order valence-corrected chi connectivity index (χ3v) is 6.77. The van der Waals surface area contributed by atoms with Crippen molar-refractivity contribution in [3.63, 3.8) is 0 Å². The van der Waals surface area contributed by atoms with E-state index in [2.05, 4.69) is 35.5 Å². The summed E-state index contributed by atoms with van der Waals surface area (Å²) in [5.74, 6) is -2.97. The van der Waals surface area contributed by atoms with Crippen LogP contribution in [-0.4, -0.2) is 81.4 Å². The van der Waals surface area contributed by atoms with Crippen molar-refractivity contribution in [2.24, 2.45) is 5.92 Å². The molecule has 2 N–H and O–H groups in total. The first kappa shape index (κ1) is 25.2. The second-order valence-corrected chi connectivity index (χ2v) is 9.74. The van der Waals surface area contributed by atoms with Crippen LogP contribution >= 0.6 is 0 Å². The fraction of sp³-hybridized carbons (Fsp3) is 0.583. The standard InChI is InChI=1S/C24H30F2N8O3/c1-14(13-36-2)37-23-30-20(21(35)28-12-15-10-24(25,26)11-15)29-22(31-23)34-8-5-16(6-9-34)18-17-4-3-7-27-19(17)33-32-18/h3-4,7,14-16H,5-6,8-13H2,1-2H3,(H,28,35)(H,27,32,33)/t14-/m1/s1. The van der Waals surface area contributed by atoms with Gasteiger partial charge in [0, 0.05) is 57.1 Å². The monoisotopic (exact) mass is 516 g/mol. The van der Waals surface area contributed by atoms with Crippen LogP contribution in [0.2, 0.25) is 0 Å². The van der Waals surface area contributed by atoms with Crippen molar-refractivity contribution in [3.8, 4) is 6.01 Å². The molecule has 2 aliphatic rings. The third kappa shape index (κ3) is 5.76. The van der Waals surface area contributed by atoms with Gasteiger partial charge in [-0.3, -0.25) is 9.89 Å². The summed E-state index contributed by atoms with van der Waals surface area (Å²) in [6.45, 7) is 3.56. The van der Waals surface area contributed by atoms with Crippen molar-refractivity contribution in [2.45, 2.75) is 50.6 Å². The van der Waals surface area contributed by atoms with Crippen LogP contribution in [-0.2, 0) is 4.74 Å². The maximum atomic E-state index is 13.1. The van der Waals surface area contributed by atoms with E-state index in [1.165, 1.54) is 0 Å². The number of aromatic amines is 1. The van der Waals surface area contributed by atoms with Gasteiger partial charge in [0.1, 0.15) is 6.10 Å². The number of nitrogens with one attached hydrogen (secondary N) is 2. The summed E-state index contributed by atoms with van der Waals surface area (Å²) >= 11 is 0. The average Bonchev–Trinajstić information content (AvgIpc) is 3.30. The van der Waals surface area contributed by atoms with Crippen LogP contribution in [0.5, 0.6) is 6.01 Å². The number of nitrogens with zero attached hydrogens (tertiary/aromatic N) is 6. The number of piperidine rings is 1. The van der Waals surface area contributed by atoms with Gasteiger partial charge in [0.25, 0.3) is 5.91 Å². The summed E-state index contributed by atoms with van der Waals surface area (Å²) in [5.41, 5.74) is 1.77. The summed E-state index contributed by atoms with van der Waals surface area (Å²) in [5, 5.41) is 11.2. The lowest BCUT2D eigenvalue weighted by Crippen LogP contribution is -2.43. The Labute approximate surface area is 212 Å². The highest BCUT2D eigenvalue weighted by atomic mass is 19.3. The molecule has 3 aromatic rings. The van der Waals surface area contributed by atoms with E-state index in [1.807, 2.05) is 17.0 Å². The quantitative estimate of drug-likeness (QED) is 0.441. The predicted molar refractivity (Wildman–Crippen MR) is 130 cm³/mol. The van der Waals surface area contributed by atoms with E-state index in [0.717, 1.165) is 29.6 Å². The Hall–Kier alpha value is -3.48. The zero-order chi connectivity index (χ0) is 26.0. The number of pyridine rings is 1. The average molecular weight is 517 g/mol. The Morgan fingerprint density at radius 2 is 2.05 bits per heavy atom. The lowest BCUT2D eigenvalue weighted by molar-refractivity contribution is -0.108. The number of hydrogen-bond donors (Lipinski definition) is 2. The molecule has 5 rings (SSSR count). The molecule has 0 radical (unpaired) electrons. The molecular weight excluding hydrogens is 486 g/mol. The number of ether oxygens (including phenoxy) is 2. The molecule has 1 saturated carbocycles. The van der Waals surface area contributed by atoms with E-state index in [1.54, 1.807) is 20.2 Å². The highest BCUT2D eigenvalue weighted by Gasteiger charge is 2.45.